The molecule has 0 amide bonds. The first-order chi connectivity index (χ1) is 10.3. The van der Waals surface area contributed by atoms with Gasteiger partial charge in [-0.1, -0.05) is 18.4 Å². The van der Waals surface area contributed by atoms with Gasteiger partial charge in [0.15, 0.2) is 15.1 Å². The number of hydrogen-bond acceptors (Lipinski definition) is 7. The highest BCUT2D eigenvalue weighted by molar-refractivity contribution is 8.44. The maximum atomic E-state index is 5.11. The Labute approximate surface area is 128 Å². The molecule has 3 heterocycles. The molecule has 0 N–H and O–H groups in total. The van der Waals surface area contributed by atoms with Crippen LogP contribution in [0.5, 0.6) is 5.88 Å². The van der Waals surface area contributed by atoms with Gasteiger partial charge in [-0.3, -0.25) is 0 Å². The highest BCUT2D eigenvalue weighted by Crippen LogP contribution is 2.37. The van der Waals surface area contributed by atoms with Crippen molar-refractivity contribution in [1.82, 2.24) is 29.6 Å². The summed E-state index contributed by atoms with van der Waals surface area (Å²) < 4.78 is 9.66. The summed E-state index contributed by atoms with van der Waals surface area (Å²) in [7, 11) is 2.74. The van der Waals surface area contributed by atoms with Crippen LogP contribution in [0.2, 0.25) is 0 Å². The van der Waals surface area contributed by atoms with Crippen molar-refractivity contribution in [1.29, 1.82) is 0 Å². The van der Waals surface area contributed by atoms with Crippen molar-refractivity contribution in [2.24, 2.45) is 0 Å². The summed E-state index contributed by atoms with van der Waals surface area (Å²) in [4.78, 5) is 5.96. The van der Waals surface area contributed by atoms with E-state index in [1.807, 2.05) is 12.1 Å². The minimum atomic E-state index is -0.357. The molecule has 0 aliphatic heterocycles. The zero-order chi connectivity index (χ0) is 14.7. The second-order valence-electron chi connectivity index (χ2n) is 4.36. The van der Waals surface area contributed by atoms with Crippen molar-refractivity contribution in [3.63, 3.8) is 0 Å². The fraction of sp³-hybridized carbons (Fsp3) is 0.417. The molecule has 1 atom stereocenters. The van der Waals surface area contributed by atoms with E-state index >= 15 is 0 Å². The number of pyridine rings is 1. The van der Waals surface area contributed by atoms with Crippen molar-refractivity contribution in [3.8, 4) is 5.88 Å². The number of aryl methyl sites for hydroxylation is 1. The molecule has 7 nitrogen and oxygen atoms in total. The highest BCUT2D eigenvalue weighted by Gasteiger charge is 2.19. The van der Waals surface area contributed by atoms with E-state index in [0.29, 0.717) is 16.7 Å². The van der Waals surface area contributed by atoms with Crippen molar-refractivity contribution < 1.29 is 4.74 Å². The number of ether oxygens (including phenoxy) is 1. The fourth-order valence-electron chi connectivity index (χ4n) is 1.72. The predicted octanol–water partition coefficient (Wildman–Crippen LogP) is 2.73. The van der Waals surface area contributed by atoms with Crippen LogP contribution in [-0.4, -0.2) is 36.7 Å². The molecule has 0 radical (unpaired) electrons. The molecule has 110 valence electrons. The number of methoxy groups -OCH3 is 1. The zero-order valence-electron chi connectivity index (χ0n) is 11.8. The van der Waals surface area contributed by atoms with E-state index in [2.05, 4.69) is 37.1 Å². The molecule has 0 saturated carbocycles. The van der Waals surface area contributed by atoms with Crippen LogP contribution in [0.1, 0.15) is 19.8 Å². The molecule has 0 spiro atoms. The van der Waals surface area contributed by atoms with Gasteiger partial charge in [0.1, 0.15) is 0 Å². The monoisotopic (exact) mass is 323 g/mol. The third kappa shape index (κ3) is 3.30. The molecule has 0 saturated heterocycles. The number of rotatable bonds is 6. The topological polar surface area (TPSA) is 78.6 Å². The smallest absolute Gasteiger partial charge is 0.289 e. The maximum absolute atomic E-state index is 5.11. The Hall–Kier alpha value is -1.74. The third-order valence-corrected chi connectivity index (χ3v) is 5.56. The Morgan fingerprint density at radius 2 is 2.29 bits per heavy atom. The molecule has 3 aromatic rings. The number of aromatic nitrogens is 6. The van der Waals surface area contributed by atoms with Gasteiger partial charge < -0.3 is 4.74 Å². The van der Waals surface area contributed by atoms with Gasteiger partial charge in [-0.2, -0.15) is 9.78 Å². The van der Waals surface area contributed by atoms with Crippen molar-refractivity contribution in [3.05, 3.63) is 17.5 Å². The van der Waals surface area contributed by atoms with Gasteiger partial charge in [0.2, 0.25) is 22.3 Å². The lowest BCUT2D eigenvalue weighted by Gasteiger charge is -1.93. The molecular formula is C12H15N6OS2+. The molecule has 0 aliphatic rings. The van der Waals surface area contributed by atoms with E-state index in [1.54, 1.807) is 11.9 Å². The average Bonchev–Trinajstić information content (AvgIpc) is 3.10. The molecule has 0 aromatic carbocycles. The van der Waals surface area contributed by atoms with Crippen molar-refractivity contribution in [2.75, 3.05) is 7.11 Å². The first-order valence-corrected chi connectivity index (χ1v) is 9.17. The van der Waals surface area contributed by atoms with Crippen LogP contribution in [0.25, 0.3) is 11.0 Å². The predicted molar refractivity (Wildman–Crippen MR) is 82.5 cm³/mol. The van der Waals surface area contributed by atoms with E-state index in [0.717, 1.165) is 24.8 Å². The summed E-state index contributed by atoms with van der Waals surface area (Å²) in [6, 6.07) is 3.80. The summed E-state index contributed by atoms with van der Waals surface area (Å²) in [5, 5.41) is 16.2. The Balaban J connectivity index is 1.76. The second-order valence-corrected chi connectivity index (χ2v) is 7.38. The molecule has 9 heteroatoms. The van der Waals surface area contributed by atoms with Gasteiger partial charge >= 0.3 is 0 Å². The molecule has 0 bridgehead atoms. The summed E-state index contributed by atoms with van der Waals surface area (Å²) in [6.45, 7) is 2.94. The van der Waals surface area contributed by atoms with Crippen LogP contribution >= 0.6 is 20.5 Å². The lowest BCUT2D eigenvalue weighted by Crippen LogP contribution is -2.01. The van der Waals surface area contributed by atoms with E-state index in [4.69, 9.17) is 4.74 Å². The van der Waals surface area contributed by atoms with E-state index < -0.39 is 0 Å². The summed E-state index contributed by atoms with van der Waals surface area (Å²) >= 11 is 0. The van der Waals surface area contributed by atoms with Crippen LogP contribution in [-0.2, 0) is 6.54 Å². The molecular weight excluding hydrogens is 308 g/mol. The highest BCUT2D eigenvalue weighted by atomic mass is 33.1. The van der Waals surface area contributed by atoms with Gasteiger partial charge in [-0.05, 0) is 22.1 Å². The number of unbranched alkanes of at least 4 members (excludes halogenated alkanes) is 1. The average molecular weight is 323 g/mol. The minimum Gasteiger partial charge on any atom is -0.481 e. The van der Waals surface area contributed by atoms with Gasteiger partial charge in [0.05, 0.1) is 19.0 Å². The number of nitrogens with zero attached hydrogens (tertiary/aromatic N) is 6. The Kier molecular flexibility index (Phi) is 4.30. The van der Waals surface area contributed by atoms with Gasteiger partial charge in [-0.25, -0.2) is 0 Å². The number of hydrogen-bond donors (Lipinski definition) is 0. The third-order valence-electron chi connectivity index (χ3n) is 2.80. The normalized spacial score (nSPS) is 12.0. The standard InChI is InChI=1S/C12H15N6OS2/c1-3-4-7-18-15-12(14-17-18)20-21-8-9-5-6-10(19-2)13-11(9)16-21/h5-6,8H,3-4,7H2,1-2H3/q+1. The Morgan fingerprint density at radius 3 is 3.10 bits per heavy atom. The maximum Gasteiger partial charge on any atom is 0.289 e. The minimum absolute atomic E-state index is 0.357. The zero-order valence-corrected chi connectivity index (χ0v) is 13.4. The van der Waals surface area contributed by atoms with E-state index in [1.165, 1.54) is 10.8 Å². The van der Waals surface area contributed by atoms with E-state index in [-0.39, 0.29) is 9.70 Å². The van der Waals surface area contributed by atoms with Crippen LogP contribution in [0.4, 0.5) is 0 Å². The summed E-state index contributed by atoms with van der Waals surface area (Å²) in [5.41, 5.74) is 0.712. The quantitative estimate of drug-likeness (QED) is 0.510. The van der Waals surface area contributed by atoms with Crippen LogP contribution in [0.15, 0.2) is 22.7 Å². The van der Waals surface area contributed by atoms with Crippen LogP contribution in [0, 0.1) is 0 Å². The number of fused-ring (bicyclic) bond motifs is 1. The lowest BCUT2D eigenvalue weighted by atomic mass is 10.3. The second kappa shape index (κ2) is 6.35. The molecule has 1 unspecified atom stereocenters. The summed E-state index contributed by atoms with van der Waals surface area (Å²) in [6.07, 6.45) is 2.16. The first-order valence-electron chi connectivity index (χ1n) is 6.59. The Bertz CT molecular complexity index is 740. The van der Waals surface area contributed by atoms with Crippen LogP contribution < -0.4 is 4.74 Å². The van der Waals surface area contributed by atoms with Gasteiger partial charge in [-0.15, -0.1) is 5.10 Å². The molecule has 21 heavy (non-hydrogen) atoms. The van der Waals surface area contributed by atoms with Gasteiger partial charge in [0, 0.05) is 6.07 Å². The van der Waals surface area contributed by atoms with Crippen molar-refractivity contribution >= 4 is 31.5 Å². The summed E-state index contributed by atoms with van der Waals surface area (Å²) in [5.74, 6) is 0.574. The van der Waals surface area contributed by atoms with Crippen LogP contribution in [0.3, 0.4) is 0 Å². The van der Waals surface area contributed by atoms with Crippen molar-refractivity contribution in [2.45, 2.75) is 31.5 Å². The lowest BCUT2D eigenvalue weighted by molar-refractivity contribution is 0.399. The molecule has 3 aromatic heterocycles. The van der Waals surface area contributed by atoms with Gasteiger partial charge in [0.25, 0.3) is 5.16 Å². The largest absolute Gasteiger partial charge is 0.481 e. The molecule has 3 rings (SSSR count). The number of tetrazole rings is 1. The first kappa shape index (κ1) is 14.2. The van der Waals surface area contributed by atoms with E-state index in [9.17, 15) is 0 Å². The SMILES string of the molecule is CCCCn1nnc(S[s+]2cc3ccc(OC)nc3n2)n1. The molecule has 0 aliphatic carbocycles. The Morgan fingerprint density at radius 1 is 1.38 bits per heavy atom. The molecule has 0 fully saturated rings. The fourth-order valence-corrected chi connectivity index (χ4v) is 4.36.